The third kappa shape index (κ3) is 4.64. The Labute approximate surface area is 178 Å². The first-order chi connectivity index (χ1) is 13.7. The SMILES string of the molecule is COc1cccc([C@@](O)(c2ccc(Cl)cc2)[C@@H](Cc2ccccc2)C(C)(C)N)c1. The van der Waals surface area contributed by atoms with Crippen LogP contribution >= 0.6 is 11.6 Å². The van der Waals surface area contributed by atoms with Crippen LogP contribution in [-0.4, -0.2) is 17.8 Å². The first-order valence-electron chi connectivity index (χ1n) is 9.71. The zero-order valence-corrected chi connectivity index (χ0v) is 17.9. The van der Waals surface area contributed by atoms with Crippen molar-refractivity contribution in [3.05, 3.63) is 101 Å². The highest BCUT2D eigenvalue weighted by Crippen LogP contribution is 2.44. The molecule has 0 amide bonds. The van der Waals surface area contributed by atoms with E-state index in [0.29, 0.717) is 17.2 Å². The van der Waals surface area contributed by atoms with Crippen LogP contribution in [0.3, 0.4) is 0 Å². The Bertz CT molecular complexity index is 935. The van der Waals surface area contributed by atoms with E-state index in [9.17, 15) is 5.11 Å². The maximum atomic E-state index is 12.3. The molecular formula is C25H28ClNO2. The van der Waals surface area contributed by atoms with E-state index in [1.54, 1.807) is 19.2 Å². The van der Waals surface area contributed by atoms with Crippen molar-refractivity contribution in [3.8, 4) is 5.75 Å². The number of ether oxygens (including phenoxy) is 1. The van der Waals surface area contributed by atoms with Gasteiger partial charge in [0.15, 0.2) is 0 Å². The van der Waals surface area contributed by atoms with Gasteiger partial charge in [-0.3, -0.25) is 0 Å². The third-order valence-electron chi connectivity index (χ3n) is 5.48. The van der Waals surface area contributed by atoms with Gasteiger partial charge >= 0.3 is 0 Å². The molecule has 2 atom stereocenters. The van der Waals surface area contributed by atoms with Crippen molar-refractivity contribution in [1.82, 2.24) is 0 Å². The highest BCUT2D eigenvalue weighted by atomic mass is 35.5. The smallest absolute Gasteiger partial charge is 0.120 e. The second kappa shape index (κ2) is 8.58. The molecule has 0 aromatic heterocycles. The van der Waals surface area contributed by atoms with Crippen molar-refractivity contribution in [2.75, 3.05) is 7.11 Å². The van der Waals surface area contributed by atoms with Crippen molar-refractivity contribution >= 4 is 11.6 Å². The summed E-state index contributed by atoms with van der Waals surface area (Å²) in [5.41, 5.74) is 7.25. The fraction of sp³-hybridized carbons (Fsp3) is 0.280. The van der Waals surface area contributed by atoms with E-state index < -0.39 is 11.1 Å². The van der Waals surface area contributed by atoms with E-state index in [0.717, 1.165) is 16.7 Å². The largest absolute Gasteiger partial charge is 0.497 e. The van der Waals surface area contributed by atoms with E-state index in [2.05, 4.69) is 12.1 Å². The normalized spacial score (nSPS) is 14.8. The second-order valence-electron chi connectivity index (χ2n) is 8.07. The van der Waals surface area contributed by atoms with Crippen LogP contribution in [0.5, 0.6) is 5.75 Å². The van der Waals surface area contributed by atoms with Crippen LogP contribution in [0, 0.1) is 5.92 Å². The molecule has 4 heteroatoms. The predicted octanol–water partition coefficient (Wildman–Crippen LogP) is 5.18. The molecule has 3 nitrogen and oxygen atoms in total. The Balaban J connectivity index is 2.21. The number of nitrogens with two attached hydrogens (primary N) is 1. The molecule has 3 aromatic carbocycles. The summed E-state index contributed by atoms with van der Waals surface area (Å²) in [6.45, 7) is 3.92. The van der Waals surface area contributed by atoms with E-state index >= 15 is 0 Å². The van der Waals surface area contributed by atoms with Gasteiger partial charge in [-0.2, -0.15) is 0 Å². The third-order valence-corrected chi connectivity index (χ3v) is 5.73. The summed E-state index contributed by atoms with van der Waals surface area (Å²) in [4.78, 5) is 0. The first kappa shape index (κ1) is 21.4. The molecule has 3 N–H and O–H groups in total. The van der Waals surface area contributed by atoms with Crippen LogP contribution in [-0.2, 0) is 12.0 Å². The Hall–Kier alpha value is -2.33. The average molecular weight is 410 g/mol. The molecular weight excluding hydrogens is 382 g/mol. The molecule has 0 fully saturated rings. The number of methoxy groups -OCH3 is 1. The summed E-state index contributed by atoms with van der Waals surface area (Å²) < 4.78 is 5.43. The van der Waals surface area contributed by atoms with Gasteiger partial charge in [-0.25, -0.2) is 0 Å². The van der Waals surface area contributed by atoms with Crippen LogP contribution in [0.4, 0.5) is 0 Å². The molecule has 29 heavy (non-hydrogen) atoms. The fourth-order valence-corrected chi connectivity index (χ4v) is 4.06. The van der Waals surface area contributed by atoms with Crippen LogP contribution in [0.1, 0.15) is 30.5 Å². The molecule has 0 unspecified atom stereocenters. The number of hydrogen-bond acceptors (Lipinski definition) is 3. The minimum atomic E-state index is -1.34. The van der Waals surface area contributed by atoms with Gasteiger partial charge in [0.1, 0.15) is 11.4 Å². The number of aliphatic hydroxyl groups is 1. The summed E-state index contributed by atoms with van der Waals surface area (Å²) in [7, 11) is 1.62. The second-order valence-corrected chi connectivity index (χ2v) is 8.51. The Morgan fingerprint density at radius 1 is 0.931 bits per heavy atom. The molecule has 0 radical (unpaired) electrons. The minimum Gasteiger partial charge on any atom is -0.497 e. The van der Waals surface area contributed by atoms with Gasteiger partial charge in [0.2, 0.25) is 0 Å². The zero-order chi connectivity index (χ0) is 21.1. The lowest BCUT2D eigenvalue weighted by Crippen LogP contribution is -2.53. The van der Waals surface area contributed by atoms with Crippen molar-refractivity contribution < 1.29 is 9.84 Å². The van der Waals surface area contributed by atoms with Crippen molar-refractivity contribution in [2.24, 2.45) is 11.7 Å². The molecule has 0 saturated heterocycles. The van der Waals surface area contributed by atoms with E-state index in [-0.39, 0.29) is 5.92 Å². The Kier molecular flexibility index (Phi) is 6.33. The van der Waals surface area contributed by atoms with Crippen molar-refractivity contribution in [1.29, 1.82) is 0 Å². The molecule has 3 aromatic rings. The monoisotopic (exact) mass is 409 g/mol. The molecule has 3 rings (SSSR count). The van der Waals surface area contributed by atoms with Gasteiger partial charge in [0, 0.05) is 16.5 Å². The minimum absolute atomic E-state index is 0.314. The summed E-state index contributed by atoms with van der Waals surface area (Å²) in [5, 5.41) is 13.0. The average Bonchev–Trinajstić information content (AvgIpc) is 2.72. The predicted molar refractivity (Wildman–Crippen MR) is 119 cm³/mol. The van der Waals surface area contributed by atoms with Gasteiger partial charge in [0.05, 0.1) is 7.11 Å². The molecule has 0 aliphatic heterocycles. The van der Waals surface area contributed by atoms with Gasteiger partial charge in [-0.15, -0.1) is 0 Å². The van der Waals surface area contributed by atoms with Crippen LogP contribution in [0.2, 0.25) is 5.02 Å². The summed E-state index contributed by atoms with van der Waals surface area (Å²) in [6.07, 6.45) is 0.612. The lowest BCUT2D eigenvalue weighted by molar-refractivity contribution is -0.0136. The highest BCUT2D eigenvalue weighted by molar-refractivity contribution is 6.30. The van der Waals surface area contributed by atoms with Gasteiger partial charge in [-0.05, 0) is 61.2 Å². The van der Waals surface area contributed by atoms with E-state index in [4.69, 9.17) is 22.1 Å². The van der Waals surface area contributed by atoms with E-state index in [1.807, 2.05) is 68.4 Å². The summed E-state index contributed by atoms with van der Waals surface area (Å²) in [6, 6.07) is 25.0. The maximum Gasteiger partial charge on any atom is 0.120 e. The summed E-state index contributed by atoms with van der Waals surface area (Å²) >= 11 is 6.13. The van der Waals surface area contributed by atoms with Crippen molar-refractivity contribution in [3.63, 3.8) is 0 Å². The zero-order valence-electron chi connectivity index (χ0n) is 17.1. The van der Waals surface area contributed by atoms with Gasteiger partial charge in [0.25, 0.3) is 0 Å². The summed E-state index contributed by atoms with van der Waals surface area (Å²) in [5.74, 6) is 0.369. The van der Waals surface area contributed by atoms with Crippen molar-refractivity contribution in [2.45, 2.75) is 31.4 Å². The maximum absolute atomic E-state index is 12.3. The molecule has 0 heterocycles. The van der Waals surface area contributed by atoms with Crippen LogP contribution in [0.15, 0.2) is 78.9 Å². The molecule has 152 valence electrons. The topological polar surface area (TPSA) is 55.5 Å². The standard InChI is InChI=1S/C25H28ClNO2/c1-24(2,27)23(16-18-8-5-4-6-9-18)25(28,19-12-14-21(26)15-13-19)20-10-7-11-22(17-20)29-3/h4-15,17,23,28H,16,27H2,1-3H3/t23-,25-/m0/s1. The highest BCUT2D eigenvalue weighted by Gasteiger charge is 2.46. The number of halogens is 1. The van der Waals surface area contributed by atoms with Crippen LogP contribution < -0.4 is 10.5 Å². The quantitative estimate of drug-likeness (QED) is 0.565. The number of rotatable bonds is 7. The fourth-order valence-electron chi connectivity index (χ4n) is 3.93. The van der Waals surface area contributed by atoms with Crippen LogP contribution in [0.25, 0.3) is 0 Å². The molecule has 0 aliphatic rings. The van der Waals surface area contributed by atoms with Gasteiger partial charge in [-0.1, -0.05) is 66.2 Å². The molecule has 0 saturated carbocycles. The van der Waals surface area contributed by atoms with E-state index in [1.165, 1.54) is 0 Å². The lowest BCUT2D eigenvalue weighted by atomic mass is 9.66. The number of benzene rings is 3. The molecule has 0 aliphatic carbocycles. The number of hydrogen-bond donors (Lipinski definition) is 2. The molecule has 0 spiro atoms. The molecule has 0 bridgehead atoms. The Morgan fingerprint density at radius 3 is 2.17 bits per heavy atom. The van der Waals surface area contributed by atoms with Gasteiger partial charge < -0.3 is 15.6 Å². The first-order valence-corrected chi connectivity index (χ1v) is 10.1. The Morgan fingerprint density at radius 2 is 1.59 bits per heavy atom. The lowest BCUT2D eigenvalue weighted by Gasteiger charge is -2.44.